The maximum atomic E-state index is 10.7. The zero-order valence-electron chi connectivity index (χ0n) is 11.9. The van der Waals surface area contributed by atoms with E-state index in [0.717, 1.165) is 12.8 Å². The van der Waals surface area contributed by atoms with Crippen molar-refractivity contribution in [3.8, 4) is 0 Å². The summed E-state index contributed by atoms with van der Waals surface area (Å²) in [5.41, 5.74) is -0.668. The summed E-state index contributed by atoms with van der Waals surface area (Å²) in [6.45, 7) is 4.42. The summed E-state index contributed by atoms with van der Waals surface area (Å²) < 4.78 is 11.8. The lowest BCUT2D eigenvalue weighted by atomic mass is 9.51. The van der Waals surface area contributed by atoms with Crippen LogP contribution in [0.1, 0.15) is 26.7 Å². The van der Waals surface area contributed by atoms with Gasteiger partial charge in [-0.25, -0.2) is 0 Å². The van der Waals surface area contributed by atoms with Crippen LogP contribution in [0, 0.1) is 10.8 Å². The number of aliphatic hydroxyl groups excluding tert-OH is 3. The highest BCUT2D eigenvalue weighted by Gasteiger charge is 2.84. The third-order valence-corrected chi connectivity index (χ3v) is 6.57. The van der Waals surface area contributed by atoms with Crippen molar-refractivity contribution in [2.75, 3.05) is 13.2 Å². The van der Waals surface area contributed by atoms with Gasteiger partial charge in [0.15, 0.2) is 0 Å². The Kier molecular flexibility index (Phi) is 2.41. The van der Waals surface area contributed by atoms with E-state index in [-0.39, 0.29) is 12.7 Å². The second kappa shape index (κ2) is 3.65. The minimum Gasteiger partial charge on any atom is -0.396 e. The predicted octanol–water partition coefficient (Wildman–Crippen LogP) is -0.0167. The first-order valence-corrected chi connectivity index (χ1v) is 7.37. The molecule has 112 valence electrons. The smallest absolute Gasteiger partial charge is 0.129 e. The highest BCUT2D eigenvalue weighted by molar-refractivity contribution is 5.34. The second-order valence-corrected chi connectivity index (χ2v) is 7.12. The van der Waals surface area contributed by atoms with Crippen LogP contribution in [0.15, 0.2) is 11.6 Å². The molecule has 0 aromatic heterocycles. The van der Waals surface area contributed by atoms with Gasteiger partial charge in [0.25, 0.3) is 0 Å². The number of hydrogen-bond donors (Lipinski definition) is 3. The van der Waals surface area contributed by atoms with E-state index in [1.807, 2.05) is 13.0 Å². The summed E-state index contributed by atoms with van der Waals surface area (Å²) in [6, 6.07) is 0. The van der Waals surface area contributed by atoms with Gasteiger partial charge in [0.2, 0.25) is 0 Å². The first kappa shape index (κ1) is 13.2. The fraction of sp³-hybridized carbons (Fsp3) is 0.867. The first-order valence-electron chi connectivity index (χ1n) is 7.37. The summed E-state index contributed by atoms with van der Waals surface area (Å²) in [4.78, 5) is 0. The molecule has 2 bridgehead atoms. The number of fused-ring (bicyclic) bond motifs is 2. The van der Waals surface area contributed by atoms with Crippen molar-refractivity contribution in [1.29, 1.82) is 0 Å². The van der Waals surface area contributed by atoms with Crippen molar-refractivity contribution in [3.63, 3.8) is 0 Å². The minimum absolute atomic E-state index is 0.0699. The lowest BCUT2D eigenvalue weighted by Gasteiger charge is -2.57. The average Bonchev–Trinajstić information content (AvgIpc) is 3.21. The predicted molar refractivity (Wildman–Crippen MR) is 70.0 cm³/mol. The van der Waals surface area contributed by atoms with Crippen LogP contribution in [0.3, 0.4) is 0 Å². The Morgan fingerprint density at radius 1 is 1.40 bits per heavy atom. The minimum atomic E-state index is -0.953. The third kappa shape index (κ3) is 1.12. The Balaban J connectivity index is 1.91. The van der Waals surface area contributed by atoms with E-state index in [2.05, 4.69) is 6.92 Å². The summed E-state index contributed by atoms with van der Waals surface area (Å²) in [6.07, 6.45) is 1.01. The zero-order valence-corrected chi connectivity index (χ0v) is 11.9. The van der Waals surface area contributed by atoms with Crippen molar-refractivity contribution in [2.24, 2.45) is 10.8 Å². The van der Waals surface area contributed by atoms with Gasteiger partial charge in [0.1, 0.15) is 17.8 Å². The van der Waals surface area contributed by atoms with Gasteiger partial charge in [-0.3, -0.25) is 0 Å². The van der Waals surface area contributed by atoms with Crippen LogP contribution in [0.2, 0.25) is 0 Å². The molecule has 5 nitrogen and oxygen atoms in total. The quantitative estimate of drug-likeness (QED) is 0.465. The lowest BCUT2D eigenvalue weighted by Crippen LogP contribution is -2.66. The van der Waals surface area contributed by atoms with E-state index in [1.165, 1.54) is 5.57 Å². The van der Waals surface area contributed by atoms with Crippen LogP contribution in [0.5, 0.6) is 0 Å². The molecule has 4 rings (SSSR count). The molecule has 3 fully saturated rings. The molecule has 5 heteroatoms. The molecule has 1 saturated carbocycles. The molecule has 2 heterocycles. The molecule has 7 atom stereocenters. The molecule has 0 aromatic rings. The highest BCUT2D eigenvalue weighted by Crippen LogP contribution is 2.71. The topological polar surface area (TPSA) is 82.5 Å². The Labute approximate surface area is 118 Å². The number of rotatable bonds is 1. The molecule has 0 radical (unpaired) electrons. The molecule has 0 aromatic carbocycles. The number of aliphatic hydroxyl groups is 3. The van der Waals surface area contributed by atoms with Gasteiger partial charge in [0.05, 0.1) is 25.4 Å². The van der Waals surface area contributed by atoms with Crippen molar-refractivity contribution in [2.45, 2.75) is 56.7 Å². The Morgan fingerprint density at radius 2 is 2.10 bits per heavy atom. The lowest BCUT2D eigenvalue weighted by molar-refractivity contribution is -0.226. The zero-order chi connectivity index (χ0) is 14.3. The molecule has 4 aliphatic rings. The first-order chi connectivity index (χ1) is 9.43. The molecule has 20 heavy (non-hydrogen) atoms. The standard InChI is InChI=1S/C15H22O5/c1-8-3-4-14(6-16)9(5-8)20-12-10(17)11(18)13(14,2)15(12)7-19-15/h5,9-12,16-18H,3-4,6-7H2,1-2H3/t9-,10-,11+,12-,13-,14+,15-/m0/s1. The molecule has 1 spiro atoms. The van der Waals surface area contributed by atoms with Gasteiger partial charge in [-0.15, -0.1) is 0 Å². The van der Waals surface area contributed by atoms with Gasteiger partial charge in [-0.2, -0.15) is 0 Å². The van der Waals surface area contributed by atoms with Crippen LogP contribution in [0.4, 0.5) is 0 Å². The molecule has 2 aliphatic carbocycles. The van der Waals surface area contributed by atoms with Gasteiger partial charge in [-0.1, -0.05) is 18.6 Å². The maximum Gasteiger partial charge on any atom is 0.129 e. The molecule has 0 unspecified atom stereocenters. The van der Waals surface area contributed by atoms with Crippen LogP contribution in [-0.2, 0) is 9.47 Å². The number of hydrogen-bond acceptors (Lipinski definition) is 5. The van der Waals surface area contributed by atoms with Gasteiger partial charge in [0, 0.05) is 10.8 Å². The molecular formula is C15H22O5. The van der Waals surface area contributed by atoms with Crippen LogP contribution >= 0.6 is 0 Å². The van der Waals surface area contributed by atoms with E-state index in [0.29, 0.717) is 6.61 Å². The van der Waals surface area contributed by atoms with Crippen molar-refractivity contribution in [1.82, 2.24) is 0 Å². The fourth-order valence-corrected chi connectivity index (χ4v) is 5.06. The van der Waals surface area contributed by atoms with Crippen molar-refractivity contribution in [3.05, 3.63) is 11.6 Å². The van der Waals surface area contributed by atoms with Gasteiger partial charge < -0.3 is 24.8 Å². The Hall–Kier alpha value is -0.460. The SMILES string of the molecule is CC1=C[C@@H]2O[C@H]3[C@@H](O)[C@@H](O)[C@@](C)([C@@]2(CO)CC1)[C@]31CO1. The maximum absolute atomic E-state index is 10.7. The summed E-state index contributed by atoms with van der Waals surface area (Å²) >= 11 is 0. The van der Waals surface area contributed by atoms with Gasteiger partial charge >= 0.3 is 0 Å². The number of ether oxygens (including phenoxy) is 2. The number of epoxide rings is 1. The monoisotopic (exact) mass is 282 g/mol. The second-order valence-electron chi connectivity index (χ2n) is 7.12. The normalized spacial score (nSPS) is 60.4. The molecule has 0 amide bonds. The highest BCUT2D eigenvalue weighted by atomic mass is 16.6. The van der Waals surface area contributed by atoms with Crippen LogP contribution in [0.25, 0.3) is 0 Å². The molecule has 2 saturated heterocycles. The van der Waals surface area contributed by atoms with E-state index in [9.17, 15) is 15.3 Å². The van der Waals surface area contributed by atoms with E-state index < -0.39 is 34.7 Å². The summed E-state index contributed by atoms with van der Waals surface area (Å²) in [7, 11) is 0. The molecule has 3 N–H and O–H groups in total. The van der Waals surface area contributed by atoms with Crippen molar-refractivity contribution < 1.29 is 24.8 Å². The molecule has 2 aliphatic heterocycles. The fourth-order valence-electron chi connectivity index (χ4n) is 5.06. The van der Waals surface area contributed by atoms with E-state index in [1.54, 1.807) is 0 Å². The average molecular weight is 282 g/mol. The van der Waals surface area contributed by atoms with Gasteiger partial charge in [-0.05, 0) is 19.8 Å². The molecular weight excluding hydrogens is 260 g/mol. The Morgan fingerprint density at radius 3 is 2.70 bits per heavy atom. The largest absolute Gasteiger partial charge is 0.396 e. The summed E-state index contributed by atoms with van der Waals surface area (Å²) in [5.74, 6) is 0. The van der Waals surface area contributed by atoms with Crippen LogP contribution in [-0.4, -0.2) is 58.6 Å². The third-order valence-electron chi connectivity index (χ3n) is 6.57. The Bertz CT molecular complexity index is 485. The van der Waals surface area contributed by atoms with E-state index >= 15 is 0 Å². The summed E-state index contributed by atoms with van der Waals surface area (Å²) in [5, 5.41) is 31.2. The van der Waals surface area contributed by atoms with E-state index in [4.69, 9.17) is 9.47 Å². The van der Waals surface area contributed by atoms with Crippen molar-refractivity contribution >= 4 is 0 Å². The number of allylic oxidation sites excluding steroid dienone is 1. The van der Waals surface area contributed by atoms with Crippen LogP contribution < -0.4 is 0 Å².